The number of imide groups is 1. The van der Waals surface area contributed by atoms with Gasteiger partial charge in [0, 0.05) is 24.9 Å². The minimum Gasteiger partial charge on any atom is -0.299 e. The van der Waals surface area contributed by atoms with Crippen molar-refractivity contribution in [2.45, 2.75) is 31.8 Å². The Morgan fingerprint density at radius 2 is 2.35 bits per heavy atom. The largest absolute Gasteiger partial charge is 0.299 e. The lowest BCUT2D eigenvalue weighted by Gasteiger charge is -2.25. The van der Waals surface area contributed by atoms with Crippen LogP contribution in [-0.2, 0) is 9.59 Å². The molecule has 2 atom stereocenters. The van der Waals surface area contributed by atoms with E-state index in [0.29, 0.717) is 12.8 Å². The van der Waals surface area contributed by atoms with Crippen LogP contribution in [0.1, 0.15) is 31.4 Å². The first-order valence-corrected chi connectivity index (χ1v) is 5.66. The topological polar surface area (TPSA) is 71.1 Å². The fourth-order valence-electron chi connectivity index (χ4n) is 1.88. The molecule has 5 heteroatoms. The molecule has 2 rings (SSSR count). The highest BCUT2D eigenvalue weighted by molar-refractivity contribution is 6.00. The van der Waals surface area contributed by atoms with E-state index in [1.54, 1.807) is 12.4 Å². The molecule has 2 amide bonds. The third-order valence-electron chi connectivity index (χ3n) is 2.87. The van der Waals surface area contributed by atoms with Crippen LogP contribution in [0, 0.1) is 0 Å². The van der Waals surface area contributed by atoms with Gasteiger partial charge in [-0.1, -0.05) is 6.07 Å². The van der Waals surface area contributed by atoms with Gasteiger partial charge in [-0.3, -0.25) is 25.2 Å². The first kappa shape index (κ1) is 11.7. The summed E-state index contributed by atoms with van der Waals surface area (Å²) in [6.45, 7) is 1.97. The van der Waals surface area contributed by atoms with Crippen molar-refractivity contribution in [3.05, 3.63) is 30.1 Å². The van der Waals surface area contributed by atoms with Crippen LogP contribution in [0.25, 0.3) is 0 Å². The molecule has 0 bridgehead atoms. The summed E-state index contributed by atoms with van der Waals surface area (Å²) in [6, 6.07) is 3.55. The highest BCUT2D eigenvalue weighted by Gasteiger charge is 2.27. The standard InChI is InChI=1S/C12H15N3O2/c1-8(9-3-2-6-13-7-9)14-10-4-5-11(16)15-12(10)17/h2-3,6-8,10,14H,4-5H2,1H3,(H,15,16,17). The van der Waals surface area contributed by atoms with Crippen LogP contribution in [0.15, 0.2) is 24.5 Å². The number of rotatable bonds is 3. The zero-order valence-corrected chi connectivity index (χ0v) is 9.64. The van der Waals surface area contributed by atoms with Crippen LogP contribution in [0.3, 0.4) is 0 Å². The molecule has 0 aromatic carbocycles. The average molecular weight is 233 g/mol. The summed E-state index contributed by atoms with van der Waals surface area (Å²) in [5.74, 6) is -0.431. The molecule has 5 nitrogen and oxygen atoms in total. The van der Waals surface area contributed by atoms with E-state index in [1.807, 2.05) is 19.1 Å². The lowest BCUT2D eigenvalue weighted by Crippen LogP contribution is -2.51. The monoisotopic (exact) mass is 233 g/mol. The molecule has 1 saturated heterocycles. The van der Waals surface area contributed by atoms with E-state index in [-0.39, 0.29) is 23.9 Å². The Bertz CT molecular complexity index is 419. The van der Waals surface area contributed by atoms with Gasteiger partial charge in [0.05, 0.1) is 6.04 Å². The van der Waals surface area contributed by atoms with Crippen LogP contribution >= 0.6 is 0 Å². The second kappa shape index (κ2) is 5.05. The zero-order chi connectivity index (χ0) is 12.3. The molecule has 17 heavy (non-hydrogen) atoms. The number of pyridine rings is 1. The van der Waals surface area contributed by atoms with Gasteiger partial charge < -0.3 is 0 Å². The molecule has 1 aliphatic rings. The normalized spacial score (nSPS) is 22.1. The van der Waals surface area contributed by atoms with Crippen molar-refractivity contribution in [2.75, 3.05) is 0 Å². The molecule has 1 aromatic heterocycles. The van der Waals surface area contributed by atoms with E-state index in [4.69, 9.17) is 0 Å². The summed E-state index contributed by atoms with van der Waals surface area (Å²) in [5.41, 5.74) is 1.03. The molecule has 0 saturated carbocycles. The van der Waals surface area contributed by atoms with Crippen LogP contribution in [-0.4, -0.2) is 22.8 Å². The Hall–Kier alpha value is -1.75. The molecule has 1 fully saturated rings. The minimum absolute atomic E-state index is 0.0349. The van der Waals surface area contributed by atoms with Gasteiger partial charge in [0.25, 0.3) is 0 Å². The fraction of sp³-hybridized carbons (Fsp3) is 0.417. The van der Waals surface area contributed by atoms with Crippen molar-refractivity contribution in [1.82, 2.24) is 15.6 Å². The molecule has 0 radical (unpaired) electrons. The maximum absolute atomic E-state index is 11.6. The van der Waals surface area contributed by atoms with Gasteiger partial charge in [0.1, 0.15) is 0 Å². The second-order valence-electron chi connectivity index (χ2n) is 4.18. The molecule has 90 valence electrons. The molecule has 0 aliphatic carbocycles. The van der Waals surface area contributed by atoms with Crippen LogP contribution in [0.5, 0.6) is 0 Å². The van der Waals surface area contributed by atoms with Gasteiger partial charge in [-0.25, -0.2) is 0 Å². The number of nitrogens with one attached hydrogen (secondary N) is 2. The predicted octanol–water partition coefficient (Wildman–Crippen LogP) is 0.537. The molecular formula is C12H15N3O2. The summed E-state index contributed by atoms with van der Waals surface area (Å²) in [7, 11) is 0. The van der Waals surface area contributed by atoms with E-state index < -0.39 is 0 Å². The average Bonchev–Trinajstić information content (AvgIpc) is 2.34. The second-order valence-corrected chi connectivity index (χ2v) is 4.18. The van der Waals surface area contributed by atoms with Crippen molar-refractivity contribution >= 4 is 11.8 Å². The first-order chi connectivity index (χ1) is 8.16. The Kier molecular flexibility index (Phi) is 3.49. The summed E-state index contributed by atoms with van der Waals surface area (Å²) >= 11 is 0. The summed E-state index contributed by atoms with van der Waals surface area (Å²) < 4.78 is 0. The maximum Gasteiger partial charge on any atom is 0.243 e. The van der Waals surface area contributed by atoms with Gasteiger partial charge in [-0.05, 0) is 25.0 Å². The Balaban J connectivity index is 1.97. The lowest BCUT2D eigenvalue weighted by atomic mass is 10.0. The maximum atomic E-state index is 11.6. The third kappa shape index (κ3) is 2.88. The van der Waals surface area contributed by atoms with Crippen molar-refractivity contribution in [3.63, 3.8) is 0 Å². The molecule has 1 aromatic rings. The van der Waals surface area contributed by atoms with E-state index in [9.17, 15) is 9.59 Å². The van der Waals surface area contributed by atoms with Gasteiger partial charge in [0.15, 0.2) is 0 Å². The van der Waals surface area contributed by atoms with E-state index in [0.717, 1.165) is 5.56 Å². The molecular weight excluding hydrogens is 218 g/mol. The van der Waals surface area contributed by atoms with Crippen molar-refractivity contribution < 1.29 is 9.59 Å². The number of aromatic nitrogens is 1. The van der Waals surface area contributed by atoms with E-state index in [2.05, 4.69) is 15.6 Å². The SMILES string of the molecule is CC(NC1CCC(=O)NC1=O)c1cccnc1. The highest BCUT2D eigenvalue weighted by atomic mass is 16.2. The lowest BCUT2D eigenvalue weighted by molar-refractivity contribution is -0.134. The van der Waals surface area contributed by atoms with Crippen LogP contribution in [0.2, 0.25) is 0 Å². The summed E-state index contributed by atoms with van der Waals surface area (Å²) in [5, 5.41) is 5.53. The number of hydrogen-bond acceptors (Lipinski definition) is 4. The Labute approximate surface area is 99.6 Å². The number of amides is 2. The molecule has 2 heterocycles. The molecule has 0 spiro atoms. The van der Waals surface area contributed by atoms with Crippen molar-refractivity contribution in [2.24, 2.45) is 0 Å². The smallest absolute Gasteiger partial charge is 0.243 e. The highest BCUT2D eigenvalue weighted by Crippen LogP contribution is 2.14. The number of nitrogens with zero attached hydrogens (tertiary/aromatic N) is 1. The summed E-state index contributed by atoms with van der Waals surface area (Å²) in [4.78, 5) is 26.6. The first-order valence-electron chi connectivity index (χ1n) is 5.66. The van der Waals surface area contributed by atoms with Crippen molar-refractivity contribution in [3.8, 4) is 0 Å². The van der Waals surface area contributed by atoms with Gasteiger partial charge in [-0.2, -0.15) is 0 Å². The Morgan fingerprint density at radius 1 is 1.53 bits per heavy atom. The zero-order valence-electron chi connectivity index (χ0n) is 9.64. The quantitative estimate of drug-likeness (QED) is 0.747. The van der Waals surface area contributed by atoms with E-state index in [1.165, 1.54) is 0 Å². The Morgan fingerprint density at radius 3 is 3.00 bits per heavy atom. The number of carbonyl (C=O) groups excluding carboxylic acids is 2. The fourth-order valence-corrected chi connectivity index (χ4v) is 1.88. The summed E-state index contributed by atoms with van der Waals surface area (Å²) in [6.07, 6.45) is 4.42. The number of piperidine rings is 1. The molecule has 2 unspecified atom stereocenters. The van der Waals surface area contributed by atoms with Crippen molar-refractivity contribution in [1.29, 1.82) is 0 Å². The number of hydrogen-bond donors (Lipinski definition) is 2. The van der Waals surface area contributed by atoms with Gasteiger partial charge in [-0.15, -0.1) is 0 Å². The predicted molar refractivity (Wildman–Crippen MR) is 62.0 cm³/mol. The van der Waals surface area contributed by atoms with Gasteiger partial charge in [0.2, 0.25) is 11.8 Å². The van der Waals surface area contributed by atoms with Gasteiger partial charge >= 0.3 is 0 Å². The van der Waals surface area contributed by atoms with Crippen LogP contribution in [0.4, 0.5) is 0 Å². The van der Waals surface area contributed by atoms with Crippen LogP contribution < -0.4 is 10.6 Å². The molecule has 2 N–H and O–H groups in total. The molecule has 1 aliphatic heterocycles. The minimum atomic E-state index is -0.303. The van der Waals surface area contributed by atoms with E-state index >= 15 is 0 Å². The third-order valence-corrected chi connectivity index (χ3v) is 2.87. The number of carbonyl (C=O) groups is 2.